The molecule has 4 aliphatic rings. The number of aliphatic hydroxyl groups excluding tert-OH is 1. The topological polar surface area (TPSA) is 179 Å². The van der Waals surface area contributed by atoms with Gasteiger partial charge in [0.1, 0.15) is 11.1 Å². The molecule has 2 aliphatic carbocycles. The molecule has 10 rings (SSSR count). The second-order valence-corrected chi connectivity index (χ2v) is 28.7. The van der Waals surface area contributed by atoms with Gasteiger partial charge in [-0.15, -0.1) is 0 Å². The summed E-state index contributed by atoms with van der Waals surface area (Å²) in [6, 6.07) is 36.5. The van der Waals surface area contributed by atoms with Crippen molar-refractivity contribution in [2.45, 2.75) is 161 Å². The highest BCUT2D eigenvalue weighted by atomic mass is 28.4. The predicted molar refractivity (Wildman–Crippen MR) is 331 cm³/mol. The molecule has 0 radical (unpaired) electrons. The Balaban J connectivity index is 0.000000210. The van der Waals surface area contributed by atoms with Crippen LogP contribution in [0.4, 0.5) is 0 Å². The molecule has 14 nitrogen and oxygen atoms in total. The molecule has 4 aromatic carbocycles. The van der Waals surface area contributed by atoms with Gasteiger partial charge in [0.15, 0.2) is 0 Å². The Kier molecular flexibility index (Phi) is 19.6. The number of carbonyl (C=O) groups is 2. The molecule has 5 N–H and O–H groups in total. The fourth-order valence-electron chi connectivity index (χ4n) is 13.4. The van der Waals surface area contributed by atoms with Gasteiger partial charge in [-0.05, 0) is 209 Å². The first kappa shape index (κ1) is 60.8. The Morgan fingerprint density at radius 1 is 0.573 bits per heavy atom. The number of rotatable bonds is 16. The van der Waals surface area contributed by atoms with E-state index in [4.69, 9.17) is 4.43 Å². The number of likely N-dealkylation sites (tertiary alicyclic amines) is 2. The van der Waals surface area contributed by atoms with E-state index < -0.39 is 19.5 Å². The van der Waals surface area contributed by atoms with E-state index in [1.165, 1.54) is 10.4 Å². The van der Waals surface area contributed by atoms with E-state index in [2.05, 4.69) is 87.6 Å². The van der Waals surface area contributed by atoms with Crippen molar-refractivity contribution in [3.05, 3.63) is 152 Å². The summed E-state index contributed by atoms with van der Waals surface area (Å²) in [5, 5.41) is 42.7. The van der Waals surface area contributed by atoms with Crippen LogP contribution in [0.25, 0.3) is 21.8 Å². The molecule has 4 heterocycles. The molecule has 2 saturated carbocycles. The highest BCUT2D eigenvalue weighted by molar-refractivity contribution is 6.96. The van der Waals surface area contributed by atoms with Crippen LogP contribution < -0.4 is 32.1 Å². The van der Waals surface area contributed by atoms with Crippen molar-refractivity contribution in [3.63, 3.8) is 0 Å². The molecule has 2 amide bonds. The van der Waals surface area contributed by atoms with E-state index in [-0.39, 0.29) is 58.4 Å². The van der Waals surface area contributed by atoms with E-state index in [0.29, 0.717) is 63.7 Å². The van der Waals surface area contributed by atoms with Crippen molar-refractivity contribution in [1.82, 2.24) is 29.6 Å². The summed E-state index contributed by atoms with van der Waals surface area (Å²) in [4.78, 5) is 57.6. The second-order valence-electron chi connectivity index (χ2n) is 25.3. The Morgan fingerprint density at radius 2 is 0.951 bits per heavy atom. The number of pyridine rings is 2. The number of nitrogens with one attached hydrogen (secondary N) is 2. The largest absolute Gasteiger partial charge is 0.405 e. The standard InChI is InChI=1S/C40H51N3O4Si.C27H39N3O4/c1-29(2)43-37-17-11-12-30(3)35(37)26-36(39(43)45)38(44)41-27-31-20-24-42(25-21-31)28-40(46)22-18-32(19-23-40)47-48(4,33-13-7-5-8-14-33)34-15-9-6-10-16-34;1-18(2)30-24-6-4-5-19(3)22(24)15-23(26(30)33)25(32)28-16-20-9-13-29(14-10-20)17-27(34)11-7-21(31)8-12-27/h5-17,26,29,31-32,46H,18-25,27-28H2,1-4H3,(H,41,44);4-6,15,18,20-21,31,34H,7-14,16-17H2,1-3H3,(H,28,32). The molecule has 4 fully saturated rings. The average Bonchev–Trinajstić information content (AvgIpc) is 2.92. The number of hydrogen-bond donors (Lipinski definition) is 5. The average molecular weight is 1140 g/mol. The molecular weight excluding hydrogens is 1040 g/mol. The van der Waals surface area contributed by atoms with Crippen LogP contribution in [0.3, 0.4) is 0 Å². The molecule has 15 heteroatoms. The van der Waals surface area contributed by atoms with Crippen LogP contribution in [0.1, 0.15) is 149 Å². The lowest BCUT2D eigenvalue weighted by Gasteiger charge is -2.43. The summed E-state index contributed by atoms with van der Waals surface area (Å²) in [7, 11) is -2.39. The first-order chi connectivity index (χ1) is 39.2. The minimum atomic E-state index is -2.39. The van der Waals surface area contributed by atoms with Gasteiger partial charge in [-0.2, -0.15) is 0 Å². The maximum absolute atomic E-state index is 13.4. The van der Waals surface area contributed by atoms with Gasteiger partial charge in [-0.25, -0.2) is 0 Å². The number of β-amino-alcohol motifs (C(OH)–C–C–N with tert-alkyl or cyclic N) is 2. The summed E-state index contributed by atoms with van der Waals surface area (Å²) in [6.45, 7) is 20.2. The van der Waals surface area contributed by atoms with E-state index in [9.17, 15) is 34.5 Å². The number of benzene rings is 4. The van der Waals surface area contributed by atoms with Gasteiger partial charge in [-0.3, -0.25) is 19.2 Å². The van der Waals surface area contributed by atoms with Crippen LogP contribution in [-0.2, 0) is 4.43 Å². The van der Waals surface area contributed by atoms with Crippen molar-refractivity contribution in [1.29, 1.82) is 0 Å². The lowest BCUT2D eigenvalue weighted by molar-refractivity contribution is -0.0572. The molecule has 0 spiro atoms. The molecular formula is C67H90N6O8Si. The molecule has 82 heavy (non-hydrogen) atoms. The summed E-state index contributed by atoms with van der Waals surface area (Å²) in [6.07, 6.45) is 9.51. The van der Waals surface area contributed by atoms with Gasteiger partial charge in [-0.1, -0.05) is 84.9 Å². The molecule has 2 saturated heterocycles. The van der Waals surface area contributed by atoms with E-state index >= 15 is 0 Å². The molecule has 0 bridgehead atoms. The van der Waals surface area contributed by atoms with Gasteiger partial charge in [0.25, 0.3) is 31.3 Å². The van der Waals surface area contributed by atoms with Crippen LogP contribution >= 0.6 is 0 Å². The quantitative estimate of drug-likeness (QED) is 0.0592. The molecule has 6 aromatic rings. The molecule has 2 aromatic heterocycles. The first-order valence-corrected chi connectivity index (χ1v) is 32.9. The number of aliphatic hydroxyl groups is 3. The number of carbonyl (C=O) groups excluding carboxylic acids is 2. The smallest absolute Gasteiger partial charge is 0.264 e. The predicted octanol–water partition coefficient (Wildman–Crippen LogP) is 8.41. The zero-order chi connectivity index (χ0) is 58.3. The van der Waals surface area contributed by atoms with Crippen molar-refractivity contribution in [3.8, 4) is 0 Å². The highest BCUT2D eigenvalue weighted by Gasteiger charge is 2.42. The monoisotopic (exact) mass is 1130 g/mol. The van der Waals surface area contributed by atoms with Crippen molar-refractivity contribution < 1.29 is 29.3 Å². The first-order valence-electron chi connectivity index (χ1n) is 30.5. The Morgan fingerprint density at radius 3 is 1.33 bits per heavy atom. The van der Waals surface area contributed by atoms with Crippen LogP contribution in [0.2, 0.25) is 6.55 Å². The van der Waals surface area contributed by atoms with Crippen LogP contribution in [-0.4, -0.2) is 130 Å². The molecule has 0 unspecified atom stereocenters. The Hall–Kier alpha value is -5.78. The van der Waals surface area contributed by atoms with Gasteiger partial charge in [0.05, 0.1) is 28.3 Å². The maximum Gasteiger partial charge on any atom is 0.264 e. The Labute approximate surface area is 486 Å². The molecule has 0 atom stereocenters. The van der Waals surface area contributed by atoms with Gasteiger partial charge >= 0.3 is 0 Å². The minimum absolute atomic E-state index is 0.0453. The zero-order valence-electron chi connectivity index (χ0n) is 49.7. The van der Waals surface area contributed by atoms with Crippen LogP contribution in [0.5, 0.6) is 0 Å². The lowest BCUT2D eigenvalue weighted by Crippen LogP contribution is -2.60. The Bertz CT molecular complexity index is 3220. The summed E-state index contributed by atoms with van der Waals surface area (Å²) >= 11 is 0. The van der Waals surface area contributed by atoms with Crippen LogP contribution in [0, 0.1) is 25.7 Å². The maximum atomic E-state index is 13.4. The fourth-order valence-corrected chi connectivity index (χ4v) is 16.6. The van der Waals surface area contributed by atoms with Crippen LogP contribution in [0.15, 0.2) is 119 Å². The van der Waals surface area contributed by atoms with E-state index in [1.807, 2.05) is 77.9 Å². The number of fused-ring (bicyclic) bond motifs is 2. The number of amides is 2. The molecule has 2 aliphatic heterocycles. The summed E-state index contributed by atoms with van der Waals surface area (Å²) in [5.74, 6) is 0.102. The number of aromatic nitrogens is 2. The number of piperidine rings is 2. The fraction of sp³-hybridized carbons (Fsp3) is 0.522. The third kappa shape index (κ3) is 14.2. The lowest BCUT2D eigenvalue weighted by atomic mass is 9.82. The molecule has 440 valence electrons. The van der Waals surface area contributed by atoms with Gasteiger partial charge in [0.2, 0.25) is 0 Å². The van der Waals surface area contributed by atoms with E-state index in [1.54, 1.807) is 21.3 Å². The van der Waals surface area contributed by atoms with Crippen molar-refractivity contribution >= 4 is 52.3 Å². The zero-order valence-corrected chi connectivity index (χ0v) is 50.7. The number of hydrogen-bond acceptors (Lipinski definition) is 10. The van der Waals surface area contributed by atoms with Crippen molar-refractivity contribution in [2.75, 3.05) is 52.4 Å². The third-order valence-corrected chi connectivity index (χ3v) is 22.1. The van der Waals surface area contributed by atoms with Gasteiger partial charge < -0.3 is 49.3 Å². The third-order valence-electron chi connectivity index (χ3n) is 18.5. The number of aryl methyl sites for hydroxylation is 2. The second kappa shape index (κ2) is 26.4. The summed E-state index contributed by atoms with van der Waals surface area (Å²) in [5.41, 5.74) is 2.35. The number of nitrogens with zero attached hydrogens (tertiary/aromatic N) is 4. The normalized spacial score (nSPS) is 22.5. The SMILES string of the molecule is Cc1cccc2c1cc(C(=O)NCC1CCN(CC3(O)CCC(O)CC3)CC1)c(=O)n2C(C)C.Cc1cccc2c1cc(C(=O)NCC1CCN(CC3(O)CCC(O[Si](C)(c4ccccc4)c4ccccc4)CC3)CC1)c(=O)n2C(C)C. The minimum Gasteiger partial charge on any atom is -0.405 e. The summed E-state index contributed by atoms with van der Waals surface area (Å²) < 4.78 is 10.5. The van der Waals surface area contributed by atoms with Crippen molar-refractivity contribution in [2.24, 2.45) is 11.8 Å². The van der Waals surface area contributed by atoms with Gasteiger partial charge in [0, 0.05) is 55.1 Å². The van der Waals surface area contributed by atoms with E-state index in [0.717, 1.165) is 110 Å². The highest BCUT2D eigenvalue weighted by Crippen LogP contribution is 2.34.